The molecule has 1 atom stereocenters. The maximum absolute atomic E-state index is 12.4. The number of halogens is 1. The lowest BCUT2D eigenvalue weighted by Crippen LogP contribution is -2.33. The molecule has 5 nitrogen and oxygen atoms in total. The van der Waals surface area contributed by atoms with Gasteiger partial charge in [-0.1, -0.05) is 17.7 Å². The first-order valence-corrected chi connectivity index (χ1v) is 7.42. The molecule has 3 rings (SSSR count). The number of amides is 1. The van der Waals surface area contributed by atoms with Crippen LogP contribution in [0.3, 0.4) is 0 Å². The van der Waals surface area contributed by atoms with Gasteiger partial charge in [-0.05, 0) is 31.5 Å². The Hall–Kier alpha value is -1.66. The quantitative estimate of drug-likeness (QED) is 0.947. The smallest absolute Gasteiger partial charge is 0.249 e. The maximum Gasteiger partial charge on any atom is 0.249 e. The van der Waals surface area contributed by atoms with Gasteiger partial charge in [0.15, 0.2) is 0 Å². The summed E-state index contributed by atoms with van der Waals surface area (Å²) in [5, 5.41) is 4.47. The second-order valence-corrected chi connectivity index (χ2v) is 5.79. The number of nitrogens with zero attached hydrogens (tertiary/aromatic N) is 3. The van der Waals surface area contributed by atoms with Crippen molar-refractivity contribution in [2.24, 2.45) is 0 Å². The van der Waals surface area contributed by atoms with Crippen molar-refractivity contribution in [1.29, 1.82) is 0 Å². The molecule has 1 saturated heterocycles. The lowest BCUT2D eigenvalue weighted by Gasteiger charge is -2.17. The normalized spacial score (nSPS) is 18.6. The molecule has 7 heteroatoms. The fraction of sp³-hybridized carbons (Fsp3) is 0.308. The summed E-state index contributed by atoms with van der Waals surface area (Å²) in [6.45, 7) is 2.51. The van der Waals surface area contributed by atoms with Crippen molar-refractivity contribution in [3.63, 3.8) is 0 Å². The summed E-state index contributed by atoms with van der Waals surface area (Å²) in [6.07, 6.45) is 0.740. The molecular formula is C13H13ClN4OS. The highest BCUT2D eigenvalue weighted by Crippen LogP contribution is 2.26. The van der Waals surface area contributed by atoms with E-state index in [2.05, 4.69) is 14.7 Å². The molecule has 1 amide bonds. The Morgan fingerprint density at radius 1 is 1.50 bits per heavy atom. The van der Waals surface area contributed by atoms with Crippen LogP contribution in [0.2, 0.25) is 5.02 Å². The van der Waals surface area contributed by atoms with Gasteiger partial charge in [-0.2, -0.15) is 4.37 Å². The van der Waals surface area contributed by atoms with Gasteiger partial charge in [0.2, 0.25) is 11.0 Å². The summed E-state index contributed by atoms with van der Waals surface area (Å²) in [5.41, 5.74) is 0.834. The summed E-state index contributed by atoms with van der Waals surface area (Å²) in [4.78, 5) is 18.4. The van der Waals surface area contributed by atoms with Gasteiger partial charge in [-0.25, -0.2) is 4.98 Å². The minimum absolute atomic E-state index is 0.0418. The molecule has 0 spiro atoms. The molecule has 1 fully saturated rings. The number of hydrogen-bond acceptors (Lipinski definition) is 5. The van der Waals surface area contributed by atoms with Gasteiger partial charge in [0.1, 0.15) is 11.9 Å². The number of nitrogens with one attached hydrogen (secondary N) is 1. The van der Waals surface area contributed by atoms with Crippen molar-refractivity contribution in [3.8, 4) is 0 Å². The fourth-order valence-electron chi connectivity index (χ4n) is 2.22. The summed E-state index contributed by atoms with van der Waals surface area (Å²) in [6, 6.07) is 7.09. The number of aryl methyl sites for hydroxylation is 1. The first-order valence-electron chi connectivity index (χ1n) is 6.27. The maximum atomic E-state index is 12.4. The van der Waals surface area contributed by atoms with Crippen LogP contribution in [-0.2, 0) is 4.79 Å². The number of aromatic nitrogens is 2. The van der Waals surface area contributed by atoms with Crippen LogP contribution in [0.4, 0.5) is 10.8 Å². The van der Waals surface area contributed by atoms with E-state index in [0.717, 1.165) is 17.9 Å². The zero-order chi connectivity index (χ0) is 14.1. The number of anilines is 2. The molecular weight excluding hydrogens is 296 g/mol. The molecule has 0 bridgehead atoms. The van der Waals surface area contributed by atoms with Gasteiger partial charge >= 0.3 is 0 Å². The van der Waals surface area contributed by atoms with Gasteiger partial charge in [-0.15, -0.1) is 0 Å². The summed E-state index contributed by atoms with van der Waals surface area (Å²) < 4.78 is 4.10. The molecule has 0 saturated carbocycles. The van der Waals surface area contributed by atoms with Crippen molar-refractivity contribution in [2.75, 3.05) is 16.8 Å². The number of carbonyl (C=O) groups is 1. The third-order valence-corrected chi connectivity index (χ3v) is 4.12. The highest BCUT2D eigenvalue weighted by molar-refractivity contribution is 7.09. The van der Waals surface area contributed by atoms with Crippen molar-refractivity contribution >= 4 is 39.9 Å². The van der Waals surface area contributed by atoms with Crippen LogP contribution in [0.15, 0.2) is 24.3 Å². The predicted octanol–water partition coefficient (Wildman–Crippen LogP) is 2.72. The Morgan fingerprint density at radius 2 is 2.35 bits per heavy atom. The van der Waals surface area contributed by atoms with Gasteiger partial charge in [-0.3, -0.25) is 4.79 Å². The van der Waals surface area contributed by atoms with Crippen LogP contribution in [0.1, 0.15) is 12.2 Å². The van der Waals surface area contributed by atoms with Crippen LogP contribution in [0, 0.1) is 6.92 Å². The third kappa shape index (κ3) is 2.62. The summed E-state index contributed by atoms with van der Waals surface area (Å²) in [5.74, 6) is 0.759. The molecule has 1 unspecified atom stereocenters. The molecule has 1 aliphatic heterocycles. The van der Waals surface area contributed by atoms with E-state index >= 15 is 0 Å². The number of benzene rings is 1. The molecule has 20 heavy (non-hydrogen) atoms. The third-order valence-electron chi connectivity index (χ3n) is 3.15. The van der Waals surface area contributed by atoms with E-state index in [1.54, 1.807) is 17.0 Å². The van der Waals surface area contributed by atoms with Crippen LogP contribution in [0.5, 0.6) is 0 Å². The monoisotopic (exact) mass is 308 g/mol. The highest BCUT2D eigenvalue weighted by Gasteiger charge is 2.33. The van der Waals surface area contributed by atoms with Crippen molar-refractivity contribution in [2.45, 2.75) is 19.4 Å². The van der Waals surface area contributed by atoms with E-state index in [1.165, 1.54) is 11.5 Å². The summed E-state index contributed by atoms with van der Waals surface area (Å²) >= 11 is 7.24. The Balaban J connectivity index is 1.74. The summed E-state index contributed by atoms with van der Waals surface area (Å²) in [7, 11) is 0. The molecule has 2 aromatic rings. The van der Waals surface area contributed by atoms with E-state index in [0.29, 0.717) is 16.7 Å². The van der Waals surface area contributed by atoms with Crippen LogP contribution in [0.25, 0.3) is 0 Å². The van der Waals surface area contributed by atoms with E-state index in [9.17, 15) is 4.79 Å². The van der Waals surface area contributed by atoms with E-state index in [1.807, 2.05) is 19.1 Å². The highest BCUT2D eigenvalue weighted by atomic mass is 35.5. The molecule has 104 valence electrons. The number of carbonyl (C=O) groups excluding carboxylic acids is 1. The second kappa shape index (κ2) is 5.38. The molecule has 0 aliphatic carbocycles. The van der Waals surface area contributed by atoms with Gasteiger partial charge in [0.05, 0.1) is 0 Å². The van der Waals surface area contributed by atoms with Gasteiger partial charge in [0.25, 0.3) is 0 Å². The van der Waals surface area contributed by atoms with E-state index in [4.69, 9.17) is 11.6 Å². The zero-order valence-corrected chi connectivity index (χ0v) is 12.4. The lowest BCUT2D eigenvalue weighted by molar-refractivity contribution is -0.117. The first kappa shape index (κ1) is 13.3. The topological polar surface area (TPSA) is 58.1 Å². The van der Waals surface area contributed by atoms with Gasteiger partial charge in [0, 0.05) is 28.8 Å². The minimum Gasteiger partial charge on any atom is -0.348 e. The average molecular weight is 309 g/mol. The predicted molar refractivity (Wildman–Crippen MR) is 80.5 cm³/mol. The van der Waals surface area contributed by atoms with Crippen molar-refractivity contribution < 1.29 is 4.79 Å². The number of hydrogen-bond donors (Lipinski definition) is 1. The Bertz CT molecular complexity index is 645. The lowest BCUT2D eigenvalue weighted by atomic mass is 10.2. The minimum atomic E-state index is -0.249. The van der Waals surface area contributed by atoms with Crippen LogP contribution in [-0.4, -0.2) is 27.9 Å². The van der Waals surface area contributed by atoms with Crippen LogP contribution >= 0.6 is 23.1 Å². The number of rotatable bonds is 3. The van der Waals surface area contributed by atoms with Gasteiger partial charge < -0.3 is 10.2 Å². The molecule has 2 heterocycles. The SMILES string of the molecule is Cc1nsc(NC2CCN(c3cccc(Cl)c3)C2=O)n1. The first-order chi connectivity index (χ1) is 9.63. The van der Waals surface area contributed by atoms with Crippen molar-refractivity contribution in [1.82, 2.24) is 9.36 Å². The molecule has 1 aromatic heterocycles. The Labute approximate surface area is 125 Å². The van der Waals surface area contributed by atoms with Crippen LogP contribution < -0.4 is 10.2 Å². The second-order valence-electron chi connectivity index (χ2n) is 4.60. The standard InChI is InChI=1S/C13H13ClN4OS/c1-8-15-13(20-17-8)16-11-5-6-18(12(11)19)10-4-2-3-9(14)7-10/h2-4,7,11H,5-6H2,1H3,(H,15,16,17). The largest absolute Gasteiger partial charge is 0.348 e. The molecule has 1 aromatic carbocycles. The Kier molecular flexibility index (Phi) is 3.58. The molecule has 0 radical (unpaired) electrons. The Morgan fingerprint density at radius 3 is 3.05 bits per heavy atom. The molecule has 1 aliphatic rings. The zero-order valence-electron chi connectivity index (χ0n) is 10.8. The van der Waals surface area contributed by atoms with Crippen molar-refractivity contribution in [3.05, 3.63) is 35.1 Å². The molecule has 1 N–H and O–H groups in total. The van der Waals surface area contributed by atoms with E-state index in [-0.39, 0.29) is 11.9 Å². The van der Waals surface area contributed by atoms with E-state index < -0.39 is 0 Å². The average Bonchev–Trinajstić information content (AvgIpc) is 2.98. The fourth-order valence-corrected chi connectivity index (χ4v) is 3.03.